The highest BCUT2D eigenvalue weighted by atomic mass is 16.5. The van der Waals surface area contributed by atoms with Gasteiger partial charge < -0.3 is 14.9 Å². The molecule has 0 saturated heterocycles. The SMILES string of the molecule is C=C1C[C@H](OC(C)=O)/C=C(/C)CC[C@@H](C(C)(C)O)C[C@H]1O. The first kappa shape index (κ1) is 17.9. The Morgan fingerprint density at radius 3 is 2.62 bits per heavy atom. The third-order valence-electron chi connectivity index (χ3n) is 4.12. The number of hydrogen-bond donors (Lipinski definition) is 2. The molecule has 1 rings (SSSR count). The molecule has 0 aromatic carbocycles. The molecule has 0 unspecified atom stereocenters. The van der Waals surface area contributed by atoms with Crippen LogP contribution in [0.5, 0.6) is 0 Å². The number of carbonyl (C=O) groups excluding carboxylic acids is 1. The van der Waals surface area contributed by atoms with Gasteiger partial charge in [-0.3, -0.25) is 4.79 Å². The number of esters is 1. The molecule has 0 aliphatic heterocycles. The molecular formula is C17H28O4. The van der Waals surface area contributed by atoms with Gasteiger partial charge in [-0.05, 0) is 57.6 Å². The van der Waals surface area contributed by atoms with Crippen LogP contribution >= 0.6 is 0 Å². The van der Waals surface area contributed by atoms with E-state index in [1.54, 1.807) is 13.8 Å². The lowest BCUT2D eigenvalue weighted by Gasteiger charge is -2.33. The molecule has 0 heterocycles. The molecule has 4 nitrogen and oxygen atoms in total. The van der Waals surface area contributed by atoms with Gasteiger partial charge in [0.25, 0.3) is 0 Å². The van der Waals surface area contributed by atoms with Crippen LogP contribution in [0.2, 0.25) is 0 Å². The van der Waals surface area contributed by atoms with Crippen molar-refractivity contribution in [3.63, 3.8) is 0 Å². The average molecular weight is 296 g/mol. The molecule has 0 aromatic heterocycles. The molecule has 0 aromatic rings. The molecule has 0 radical (unpaired) electrons. The van der Waals surface area contributed by atoms with Crippen molar-refractivity contribution in [3.8, 4) is 0 Å². The minimum Gasteiger partial charge on any atom is -0.458 e. The summed E-state index contributed by atoms with van der Waals surface area (Å²) in [6.45, 7) is 10.9. The zero-order valence-corrected chi connectivity index (χ0v) is 13.6. The Morgan fingerprint density at radius 2 is 2.10 bits per heavy atom. The van der Waals surface area contributed by atoms with Crippen LogP contribution in [0.4, 0.5) is 0 Å². The van der Waals surface area contributed by atoms with E-state index in [1.165, 1.54) is 6.92 Å². The van der Waals surface area contributed by atoms with Crippen molar-refractivity contribution in [3.05, 3.63) is 23.8 Å². The van der Waals surface area contributed by atoms with Crippen LogP contribution in [0.15, 0.2) is 23.8 Å². The predicted molar refractivity (Wildman–Crippen MR) is 82.7 cm³/mol. The zero-order chi connectivity index (χ0) is 16.2. The Kier molecular flexibility index (Phi) is 6.17. The lowest BCUT2D eigenvalue weighted by molar-refractivity contribution is -0.144. The summed E-state index contributed by atoms with van der Waals surface area (Å²) in [7, 11) is 0. The lowest BCUT2D eigenvalue weighted by atomic mass is 9.79. The molecule has 3 atom stereocenters. The fourth-order valence-electron chi connectivity index (χ4n) is 2.74. The number of ether oxygens (including phenoxy) is 1. The largest absolute Gasteiger partial charge is 0.458 e. The Hall–Kier alpha value is -1.13. The maximum atomic E-state index is 11.2. The second-order valence-corrected chi connectivity index (χ2v) is 6.66. The fraction of sp³-hybridized carbons (Fsp3) is 0.706. The summed E-state index contributed by atoms with van der Waals surface area (Å²) >= 11 is 0. The van der Waals surface area contributed by atoms with E-state index in [-0.39, 0.29) is 18.0 Å². The van der Waals surface area contributed by atoms with Gasteiger partial charge in [0.1, 0.15) is 6.10 Å². The molecule has 0 fully saturated rings. The number of aliphatic hydroxyl groups excluding tert-OH is 1. The van der Waals surface area contributed by atoms with E-state index in [0.29, 0.717) is 18.4 Å². The summed E-state index contributed by atoms with van der Waals surface area (Å²) in [4.78, 5) is 11.2. The van der Waals surface area contributed by atoms with Gasteiger partial charge in [0.15, 0.2) is 0 Å². The number of allylic oxidation sites excluding steroid dienone is 1. The highest BCUT2D eigenvalue weighted by Gasteiger charge is 2.30. The van der Waals surface area contributed by atoms with E-state index in [9.17, 15) is 15.0 Å². The third-order valence-corrected chi connectivity index (χ3v) is 4.12. The van der Waals surface area contributed by atoms with Crippen molar-refractivity contribution in [2.45, 2.75) is 71.2 Å². The van der Waals surface area contributed by atoms with Gasteiger partial charge in [-0.15, -0.1) is 0 Å². The third kappa shape index (κ3) is 6.02. The van der Waals surface area contributed by atoms with E-state index in [4.69, 9.17) is 4.74 Å². The first-order valence-corrected chi connectivity index (χ1v) is 7.52. The summed E-state index contributed by atoms with van der Waals surface area (Å²) < 4.78 is 5.27. The summed E-state index contributed by atoms with van der Waals surface area (Å²) in [5.41, 5.74) is 0.928. The van der Waals surface area contributed by atoms with Crippen molar-refractivity contribution in [2.75, 3.05) is 0 Å². The molecule has 4 heteroatoms. The summed E-state index contributed by atoms with van der Waals surface area (Å²) in [5, 5.41) is 20.5. The molecule has 1 aliphatic rings. The summed E-state index contributed by atoms with van der Waals surface area (Å²) in [6.07, 6.45) is 3.34. The van der Waals surface area contributed by atoms with E-state index in [2.05, 4.69) is 6.58 Å². The van der Waals surface area contributed by atoms with Crippen LogP contribution in [0, 0.1) is 5.92 Å². The minimum atomic E-state index is -0.837. The summed E-state index contributed by atoms with van der Waals surface area (Å²) in [6, 6.07) is 0. The van der Waals surface area contributed by atoms with Crippen LogP contribution in [-0.2, 0) is 9.53 Å². The highest BCUT2D eigenvalue weighted by Crippen LogP contribution is 2.31. The standard InChI is InChI=1S/C17H28O4/c1-11-6-7-14(17(4,5)20)10-16(19)12(2)9-15(8-11)21-13(3)18/h8,14-16,19-20H,2,6-7,9-10H2,1,3-5H3/b11-8-/t14-,15-,16-/m1/s1. The molecule has 120 valence electrons. The highest BCUT2D eigenvalue weighted by molar-refractivity contribution is 5.66. The Bertz CT molecular complexity index is 417. The van der Waals surface area contributed by atoms with Crippen LogP contribution < -0.4 is 0 Å². The van der Waals surface area contributed by atoms with Crippen LogP contribution in [-0.4, -0.2) is 34.0 Å². The predicted octanol–water partition coefficient (Wildman–Crippen LogP) is 2.74. The average Bonchev–Trinajstić information content (AvgIpc) is 2.30. The Labute approximate surface area is 127 Å². The van der Waals surface area contributed by atoms with E-state index in [0.717, 1.165) is 18.4 Å². The monoisotopic (exact) mass is 296 g/mol. The molecule has 1 aliphatic carbocycles. The summed E-state index contributed by atoms with van der Waals surface area (Å²) in [5.74, 6) is -0.337. The Balaban J connectivity index is 2.95. The van der Waals surface area contributed by atoms with E-state index in [1.807, 2.05) is 13.0 Å². The molecule has 2 N–H and O–H groups in total. The zero-order valence-electron chi connectivity index (χ0n) is 13.6. The molecule has 21 heavy (non-hydrogen) atoms. The second-order valence-electron chi connectivity index (χ2n) is 6.66. The molecular weight excluding hydrogens is 268 g/mol. The van der Waals surface area contributed by atoms with Gasteiger partial charge >= 0.3 is 5.97 Å². The molecule has 0 spiro atoms. The number of carbonyl (C=O) groups is 1. The lowest BCUT2D eigenvalue weighted by Crippen LogP contribution is -2.35. The first-order valence-electron chi connectivity index (χ1n) is 7.52. The van der Waals surface area contributed by atoms with Gasteiger partial charge in [0.2, 0.25) is 0 Å². The van der Waals surface area contributed by atoms with Crippen LogP contribution in [0.3, 0.4) is 0 Å². The number of rotatable bonds is 2. The van der Waals surface area contributed by atoms with Crippen molar-refractivity contribution in [2.24, 2.45) is 5.92 Å². The maximum absolute atomic E-state index is 11.2. The van der Waals surface area contributed by atoms with Crippen molar-refractivity contribution in [1.29, 1.82) is 0 Å². The minimum absolute atomic E-state index is 0.00197. The first-order chi connectivity index (χ1) is 9.59. The number of aliphatic hydroxyl groups is 2. The van der Waals surface area contributed by atoms with Gasteiger partial charge in [0, 0.05) is 13.3 Å². The fourth-order valence-corrected chi connectivity index (χ4v) is 2.74. The van der Waals surface area contributed by atoms with Crippen LogP contribution in [0.1, 0.15) is 53.4 Å². The number of hydrogen-bond acceptors (Lipinski definition) is 4. The van der Waals surface area contributed by atoms with Crippen molar-refractivity contribution < 1.29 is 19.7 Å². The smallest absolute Gasteiger partial charge is 0.303 e. The molecule has 0 bridgehead atoms. The quantitative estimate of drug-likeness (QED) is 0.607. The normalized spacial score (nSPS) is 31.2. The van der Waals surface area contributed by atoms with Gasteiger partial charge in [-0.2, -0.15) is 0 Å². The van der Waals surface area contributed by atoms with Crippen molar-refractivity contribution >= 4 is 5.97 Å². The van der Waals surface area contributed by atoms with E-state index >= 15 is 0 Å². The maximum Gasteiger partial charge on any atom is 0.303 e. The Morgan fingerprint density at radius 1 is 1.48 bits per heavy atom. The van der Waals surface area contributed by atoms with Crippen molar-refractivity contribution in [1.82, 2.24) is 0 Å². The van der Waals surface area contributed by atoms with Crippen LogP contribution in [0.25, 0.3) is 0 Å². The second kappa shape index (κ2) is 7.23. The molecule has 0 saturated carbocycles. The van der Waals surface area contributed by atoms with Gasteiger partial charge in [0.05, 0.1) is 11.7 Å². The van der Waals surface area contributed by atoms with E-state index < -0.39 is 11.7 Å². The topological polar surface area (TPSA) is 66.8 Å². The van der Waals surface area contributed by atoms with Gasteiger partial charge in [-0.1, -0.05) is 12.2 Å². The van der Waals surface area contributed by atoms with Gasteiger partial charge in [-0.25, -0.2) is 0 Å². The molecule has 0 amide bonds.